The van der Waals surface area contributed by atoms with Crippen molar-refractivity contribution in [2.45, 2.75) is 12.8 Å². The van der Waals surface area contributed by atoms with Crippen molar-refractivity contribution < 1.29 is 14.6 Å². The maximum Gasteiger partial charge on any atom is 0.252 e. The molecule has 0 aliphatic carbocycles. The van der Waals surface area contributed by atoms with Crippen molar-refractivity contribution in [3.63, 3.8) is 0 Å². The Kier molecular flexibility index (Phi) is 7.11. The largest absolute Gasteiger partial charge is 0.385 e. The van der Waals surface area contributed by atoms with Gasteiger partial charge in [0.2, 0.25) is 0 Å². The van der Waals surface area contributed by atoms with E-state index in [2.05, 4.69) is 17.2 Å². The molecule has 18 heavy (non-hydrogen) atoms. The number of nitrogens with one attached hydrogen (secondary N) is 1. The summed E-state index contributed by atoms with van der Waals surface area (Å²) in [5, 5.41) is 13.2. The van der Waals surface area contributed by atoms with E-state index in [1.54, 1.807) is 18.6 Å². The van der Waals surface area contributed by atoms with Crippen molar-refractivity contribution in [1.29, 1.82) is 0 Å². The minimum absolute atomic E-state index is 0.0827. The zero-order valence-electron chi connectivity index (χ0n) is 10.4. The fourth-order valence-corrected chi connectivity index (χ4v) is 2.08. The van der Waals surface area contributed by atoms with E-state index in [9.17, 15) is 4.79 Å². The summed E-state index contributed by atoms with van der Waals surface area (Å²) in [6, 6.07) is 1.73. The zero-order chi connectivity index (χ0) is 13.2. The van der Waals surface area contributed by atoms with Crippen LogP contribution in [0.1, 0.15) is 28.1 Å². The van der Waals surface area contributed by atoms with Gasteiger partial charge in [0, 0.05) is 25.6 Å². The molecule has 1 aromatic heterocycles. The molecule has 4 nitrogen and oxygen atoms in total. The predicted molar refractivity (Wildman–Crippen MR) is 71.7 cm³/mol. The van der Waals surface area contributed by atoms with E-state index in [0.717, 1.165) is 24.3 Å². The Labute approximate surface area is 111 Å². The van der Waals surface area contributed by atoms with Gasteiger partial charge in [0.25, 0.3) is 5.91 Å². The van der Waals surface area contributed by atoms with Crippen molar-refractivity contribution in [3.8, 4) is 11.8 Å². The molecule has 0 atom stereocenters. The molecular weight excluding hydrogens is 250 g/mol. The van der Waals surface area contributed by atoms with Gasteiger partial charge in [0.15, 0.2) is 0 Å². The molecule has 5 heteroatoms. The van der Waals surface area contributed by atoms with Gasteiger partial charge in [-0.15, -0.1) is 11.3 Å². The van der Waals surface area contributed by atoms with E-state index in [1.807, 2.05) is 0 Å². The summed E-state index contributed by atoms with van der Waals surface area (Å²) < 4.78 is 4.93. The highest BCUT2D eigenvalue weighted by Gasteiger charge is 2.06. The van der Waals surface area contributed by atoms with Crippen molar-refractivity contribution >= 4 is 17.2 Å². The lowest BCUT2D eigenvalue weighted by molar-refractivity contribution is 0.0952. The molecule has 0 fully saturated rings. The van der Waals surface area contributed by atoms with Crippen LogP contribution in [0.4, 0.5) is 0 Å². The molecule has 1 amide bonds. The number of thiophene rings is 1. The molecule has 2 N–H and O–H groups in total. The molecule has 0 bridgehead atoms. The second-order valence-corrected chi connectivity index (χ2v) is 4.53. The average molecular weight is 267 g/mol. The maximum atomic E-state index is 11.7. The molecule has 1 rings (SSSR count). The van der Waals surface area contributed by atoms with Gasteiger partial charge in [-0.1, -0.05) is 11.8 Å². The molecule has 0 radical (unpaired) electrons. The lowest BCUT2D eigenvalue weighted by atomic mass is 10.2. The third kappa shape index (κ3) is 5.32. The summed E-state index contributed by atoms with van der Waals surface area (Å²) >= 11 is 1.40. The molecular formula is C13H17NO3S. The zero-order valence-corrected chi connectivity index (χ0v) is 11.2. The molecule has 0 spiro atoms. The third-order valence-corrected chi connectivity index (χ3v) is 3.06. The van der Waals surface area contributed by atoms with Crippen LogP contribution in [-0.4, -0.2) is 37.9 Å². The summed E-state index contributed by atoms with van der Waals surface area (Å²) in [5.74, 6) is 5.25. The highest BCUT2D eigenvalue weighted by atomic mass is 32.1. The van der Waals surface area contributed by atoms with E-state index in [1.165, 1.54) is 11.3 Å². The van der Waals surface area contributed by atoms with Gasteiger partial charge < -0.3 is 15.2 Å². The SMILES string of the molecule is COCCCCNC(=O)c1csc(C#CCO)c1. The summed E-state index contributed by atoms with van der Waals surface area (Å²) in [6.45, 7) is 1.20. The van der Waals surface area contributed by atoms with Crippen LogP contribution >= 0.6 is 11.3 Å². The average Bonchev–Trinajstić information content (AvgIpc) is 2.84. The number of hydrogen-bond acceptors (Lipinski definition) is 4. The van der Waals surface area contributed by atoms with Gasteiger partial charge in [-0.25, -0.2) is 0 Å². The standard InChI is InChI=1S/C13H17NO3S/c1-17-8-3-2-6-14-13(16)11-9-12(18-10-11)5-4-7-15/h9-10,15H,2-3,6-8H2,1H3,(H,14,16). The number of hydrogen-bond donors (Lipinski definition) is 2. The minimum atomic E-state index is -0.168. The van der Waals surface area contributed by atoms with Crippen LogP contribution in [0.3, 0.4) is 0 Å². The third-order valence-electron chi connectivity index (χ3n) is 2.21. The Morgan fingerprint density at radius 2 is 2.39 bits per heavy atom. The van der Waals surface area contributed by atoms with E-state index in [-0.39, 0.29) is 12.5 Å². The predicted octanol–water partition coefficient (Wildman–Crippen LogP) is 1.25. The molecule has 0 aromatic carbocycles. The number of unbranched alkanes of at least 4 members (excludes halogenated alkanes) is 1. The molecule has 1 aromatic rings. The molecule has 0 aliphatic rings. The smallest absolute Gasteiger partial charge is 0.252 e. The lowest BCUT2D eigenvalue weighted by Crippen LogP contribution is -2.24. The summed E-state index contributed by atoms with van der Waals surface area (Å²) in [5.41, 5.74) is 0.619. The van der Waals surface area contributed by atoms with Gasteiger partial charge in [0.05, 0.1) is 10.4 Å². The second kappa shape index (κ2) is 8.70. The first-order chi connectivity index (χ1) is 8.77. The van der Waals surface area contributed by atoms with Gasteiger partial charge in [-0.2, -0.15) is 0 Å². The Hall–Kier alpha value is -1.35. The quantitative estimate of drug-likeness (QED) is 0.602. The van der Waals surface area contributed by atoms with Crippen molar-refractivity contribution in [2.24, 2.45) is 0 Å². The van der Waals surface area contributed by atoms with Gasteiger partial charge in [-0.3, -0.25) is 4.79 Å². The van der Waals surface area contributed by atoms with Crippen LogP contribution in [-0.2, 0) is 4.74 Å². The fraction of sp³-hybridized carbons (Fsp3) is 0.462. The van der Waals surface area contributed by atoms with Crippen LogP contribution in [0.15, 0.2) is 11.4 Å². The summed E-state index contributed by atoms with van der Waals surface area (Å²) in [4.78, 5) is 12.5. The first-order valence-electron chi connectivity index (χ1n) is 5.73. The number of amides is 1. The summed E-state index contributed by atoms with van der Waals surface area (Å²) in [6.07, 6.45) is 1.84. The number of ether oxygens (including phenoxy) is 1. The second-order valence-electron chi connectivity index (χ2n) is 3.62. The Morgan fingerprint density at radius 3 is 3.11 bits per heavy atom. The van der Waals surface area contributed by atoms with Crippen molar-refractivity contribution in [1.82, 2.24) is 5.32 Å². The molecule has 1 heterocycles. The topological polar surface area (TPSA) is 58.6 Å². The molecule has 98 valence electrons. The summed E-state index contributed by atoms with van der Waals surface area (Å²) in [7, 11) is 1.67. The van der Waals surface area contributed by atoms with Crippen molar-refractivity contribution in [2.75, 3.05) is 26.9 Å². The van der Waals surface area contributed by atoms with Crippen molar-refractivity contribution in [3.05, 3.63) is 21.9 Å². The maximum absolute atomic E-state index is 11.7. The first kappa shape index (κ1) is 14.7. The number of aliphatic hydroxyl groups is 1. The fourth-order valence-electron chi connectivity index (χ4n) is 1.32. The highest BCUT2D eigenvalue weighted by Crippen LogP contribution is 2.13. The number of rotatable bonds is 6. The Balaban J connectivity index is 2.35. The van der Waals surface area contributed by atoms with E-state index < -0.39 is 0 Å². The minimum Gasteiger partial charge on any atom is -0.385 e. The molecule has 0 saturated carbocycles. The first-order valence-corrected chi connectivity index (χ1v) is 6.61. The Bertz CT molecular complexity index is 431. The van der Waals surface area contributed by atoms with E-state index in [4.69, 9.17) is 9.84 Å². The van der Waals surface area contributed by atoms with E-state index >= 15 is 0 Å². The Morgan fingerprint density at radius 1 is 1.56 bits per heavy atom. The number of carbonyl (C=O) groups is 1. The normalized spacial score (nSPS) is 9.67. The lowest BCUT2D eigenvalue weighted by Gasteiger charge is -2.02. The van der Waals surface area contributed by atoms with Crippen LogP contribution in [0.2, 0.25) is 0 Å². The van der Waals surface area contributed by atoms with Crippen LogP contribution in [0.25, 0.3) is 0 Å². The molecule has 0 saturated heterocycles. The van der Waals surface area contributed by atoms with Crippen LogP contribution < -0.4 is 5.32 Å². The van der Waals surface area contributed by atoms with Crippen LogP contribution in [0.5, 0.6) is 0 Å². The van der Waals surface area contributed by atoms with Crippen LogP contribution in [0, 0.1) is 11.8 Å². The van der Waals surface area contributed by atoms with Gasteiger partial charge in [-0.05, 0) is 18.9 Å². The van der Waals surface area contributed by atoms with Gasteiger partial charge >= 0.3 is 0 Å². The molecule has 0 aliphatic heterocycles. The number of methoxy groups -OCH3 is 1. The van der Waals surface area contributed by atoms with Gasteiger partial charge in [0.1, 0.15) is 6.61 Å². The van der Waals surface area contributed by atoms with E-state index in [0.29, 0.717) is 12.1 Å². The number of carbonyl (C=O) groups excluding carboxylic acids is 1. The molecule has 0 unspecified atom stereocenters. The monoisotopic (exact) mass is 267 g/mol. The number of aliphatic hydroxyl groups excluding tert-OH is 1. The highest BCUT2D eigenvalue weighted by molar-refractivity contribution is 7.10.